The zero-order valence-corrected chi connectivity index (χ0v) is 7.47. The topological polar surface area (TPSA) is 42.2 Å². The molecule has 0 spiro atoms. The molecule has 1 N–H and O–H groups in total. The maximum absolute atomic E-state index is 11.2. The molecule has 4 heteroatoms. The summed E-state index contributed by atoms with van der Waals surface area (Å²) in [7, 11) is -0.659. The van der Waals surface area contributed by atoms with E-state index in [1.54, 1.807) is 12.5 Å². The van der Waals surface area contributed by atoms with Gasteiger partial charge < -0.3 is 9.73 Å². The van der Waals surface area contributed by atoms with Gasteiger partial charge in [-0.15, -0.1) is 0 Å². The Bertz CT molecular complexity index is 271. The third-order valence-electron chi connectivity index (χ3n) is 2.02. The molecule has 1 fully saturated rings. The van der Waals surface area contributed by atoms with E-state index >= 15 is 0 Å². The third-order valence-corrected chi connectivity index (χ3v) is 3.38. The van der Waals surface area contributed by atoms with E-state index < -0.39 is 10.8 Å². The van der Waals surface area contributed by atoms with Gasteiger partial charge in [-0.25, -0.2) is 0 Å². The highest BCUT2D eigenvalue weighted by molar-refractivity contribution is 7.85. The maximum Gasteiger partial charge on any atom is 0.0950 e. The zero-order chi connectivity index (χ0) is 8.39. The van der Waals surface area contributed by atoms with Crippen LogP contribution in [0.4, 0.5) is 0 Å². The lowest BCUT2D eigenvalue weighted by Gasteiger charge is -2.21. The molecule has 0 radical (unpaired) electrons. The Kier molecular flexibility index (Phi) is 2.28. The SMILES string of the molecule is O=S1CCNC(c2ccoc2)C1. The van der Waals surface area contributed by atoms with Crippen LogP contribution in [0.3, 0.4) is 0 Å². The second-order valence-corrected chi connectivity index (χ2v) is 4.50. The molecular formula is C8H11NO2S. The fourth-order valence-electron chi connectivity index (χ4n) is 1.36. The molecule has 2 rings (SSSR count). The van der Waals surface area contributed by atoms with Crippen LogP contribution in [0.2, 0.25) is 0 Å². The van der Waals surface area contributed by atoms with Gasteiger partial charge in [0.1, 0.15) is 0 Å². The van der Waals surface area contributed by atoms with Gasteiger partial charge >= 0.3 is 0 Å². The molecule has 1 saturated heterocycles. The quantitative estimate of drug-likeness (QED) is 0.699. The minimum Gasteiger partial charge on any atom is -0.472 e. The van der Waals surface area contributed by atoms with Crippen molar-refractivity contribution in [1.29, 1.82) is 0 Å². The normalized spacial score (nSPS) is 30.3. The van der Waals surface area contributed by atoms with E-state index in [-0.39, 0.29) is 6.04 Å². The Labute approximate surface area is 73.6 Å². The molecule has 1 aliphatic rings. The second-order valence-electron chi connectivity index (χ2n) is 2.87. The predicted molar refractivity (Wildman–Crippen MR) is 47.3 cm³/mol. The van der Waals surface area contributed by atoms with Crippen molar-refractivity contribution in [2.45, 2.75) is 6.04 Å². The molecule has 1 aliphatic heterocycles. The highest BCUT2D eigenvalue weighted by Gasteiger charge is 2.19. The van der Waals surface area contributed by atoms with Gasteiger partial charge in [0.05, 0.1) is 12.5 Å². The average molecular weight is 185 g/mol. The van der Waals surface area contributed by atoms with E-state index in [2.05, 4.69) is 5.32 Å². The summed E-state index contributed by atoms with van der Waals surface area (Å²) in [4.78, 5) is 0. The van der Waals surface area contributed by atoms with Crippen LogP contribution < -0.4 is 5.32 Å². The van der Waals surface area contributed by atoms with E-state index in [4.69, 9.17) is 4.42 Å². The van der Waals surface area contributed by atoms with Gasteiger partial charge in [0.2, 0.25) is 0 Å². The Balaban J connectivity index is 2.09. The third kappa shape index (κ3) is 1.59. The first-order valence-electron chi connectivity index (χ1n) is 3.97. The summed E-state index contributed by atoms with van der Waals surface area (Å²) in [6, 6.07) is 2.14. The summed E-state index contributed by atoms with van der Waals surface area (Å²) in [5, 5.41) is 3.30. The number of furan rings is 1. The fourth-order valence-corrected chi connectivity index (χ4v) is 2.56. The summed E-state index contributed by atoms with van der Waals surface area (Å²) in [6.45, 7) is 0.836. The summed E-state index contributed by atoms with van der Waals surface area (Å²) in [6.07, 6.45) is 3.36. The smallest absolute Gasteiger partial charge is 0.0950 e. The number of nitrogens with one attached hydrogen (secondary N) is 1. The molecule has 0 aliphatic carbocycles. The highest BCUT2D eigenvalue weighted by Crippen LogP contribution is 2.16. The first-order valence-corrected chi connectivity index (χ1v) is 5.45. The Morgan fingerprint density at radius 2 is 2.58 bits per heavy atom. The molecular weight excluding hydrogens is 174 g/mol. The average Bonchev–Trinajstić information content (AvgIpc) is 2.56. The molecule has 12 heavy (non-hydrogen) atoms. The first kappa shape index (κ1) is 8.01. The minimum absolute atomic E-state index is 0.221. The van der Waals surface area contributed by atoms with Crippen LogP contribution in [0.15, 0.2) is 23.0 Å². The van der Waals surface area contributed by atoms with Crippen molar-refractivity contribution < 1.29 is 8.63 Å². The standard InChI is InChI=1S/C8H11NO2S/c10-12-4-2-9-8(6-12)7-1-3-11-5-7/h1,3,5,8-9H,2,4,6H2. The van der Waals surface area contributed by atoms with Crippen LogP contribution >= 0.6 is 0 Å². The Morgan fingerprint density at radius 1 is 1.67 bits per heavy atom. The summed E-state index contributed by atoms with van der Waals surface area (Å²) >= 11 is 0. The minimum atomic E-state index is -0.659. The van der Waals surface area contributed by atoms with Gasteiger partial charge in [0.15, 0.2) is 0 Å². The number of hydrogen-bond donors (Lipinski definition) is 1. The lowest BCUT2D eigenvalue weighted by atomic mass is 10.2. The molecule has 66 valence electrons. The number of hydrogen-bond acceptors (Lipinski definition) is 3. The van der Waals surface area contributed by atoms with Crippen LogP contribution in [0.5, 0.6) is 0 Å². The molecule has 1 aromatic heterocycles. The van der Waals surface area contributed by atoms with Crippen LogP contribution in [-0.2, 0) is 10.8 Å². The molecule has 0 saturated carbocycles. The van der Waals surface area contributed by atoms with Gasteiger partial charge in [-0.05, 0) is 6.07 Å². The summed E-state index contributed by atoms with van der Waals surface area (Å²) in [5.41, 5.74) is 1.10. The van der Waals surface area contributed by atoms with Crippen LogP contribution in [0, 0.1) is 0 Å². The Morgan fingerprint density at radius 3 is 3.25 bits per heavy atom. The van der Waals surface area contributed by atoms with E-state index in [0.717, 1.165) is 17.9 Å². The first-order chi connectivity index (χ1) is 5.86. The molecule has 0 bridgehead atoms. The Hall–Kier alpha value is -0.610. The summed E-state index contributed by atoms with van der Waals surface area (Å²) < 4.78 is 16.2. The maximum atomic E-state index is 11.2. The highest BCUT2D eigenvalue weighted by atomic mass is 32.2. The molecule has 0 amide bonds. The van der Waals surface area contributed by atoms with E-state index in [1.807, 2.05) is 6.07 Å². The molecule has 2 unspecified atom stereocenters. The summed E-state index contributed by atoms with van der Waals surface area (Å²) in [5.74, 6) is 1.48. The largest absolute Gasteiger partial charge is 0.472 e. The zero-order valence-electron chi connectivity index (χ0n) is 6.66. The van der Waals surface area contributed by atoms with Crippen molar-refractivity contribution >= 4 is 10.8 Å². The molecule has 2 atom stereocenters. The van der Waals surface area contributed by atoms with E-state index in [1.165, 1.54) is 0 Å². The van der Waals surface area contributed by atoms with Gasteiger partial charge in [0.25, 0.3) is 0 Å². The van der Waals surface area contributed by atoms with Crippen molar-refractivity contribution in [3.63, 3.8) is 0 Å². The van der Waals surface area contributed by atoms with Crippen LogP contribution in [0.1, 0.15) is 11.6 Å². The lowest BCUT2D eigenvalue weighted by Crippen LogP contribution is -2.35. The fraction of sp³-hybridized carbons (Fsp3) is 0.500. The lowest BCUT2D eigenvalue weighted by molar-refractivity contribution is 0.539. The van der Waals surface area contributed by atoms with Gasteiger partial charge in [-0.2, -0.15) is 0 Å². The van der Waals surface area contributed by atoms with Crippen molar-refractivity contribution in [2.75, 3.05) is 18.1 Å². The number of rotatable bonds is 1. The van der Waals surface area contributed by atoms with Crippen molar-refractivity contribution in [3.05, 3.63) is 24.2 Å². The predicted octanol–water partition coefficient (Wildman–Crippen LogP) is 0.673. The molecule has 2 heterocycles. The second kappa shape index (κ2) is 3.41. The van der Waals surface area contributed by atoms with Gasteiger partial charge in [-0.1, -0.05) is 0 Å². The van der Waals surface area contributed by atoms with Gasteiger partial charge in [-0.3, -0.25) is 4.21 Å². The van der Waals surface area contributed by atoms with E-state index in [9.17, 15) is 4.21 Å². The van der Waals surface area contributed by atoms with Crippen LogP contribution in [0.25, 0.3) is 0 Å². The van der Waals surface area contributed by atoms with Crippen molar-refractivity contribution in [3.8, 4) is 0 Å². The molecule has 3 nitrogen and oxygen atoms in total. The molecule has 0 aromatic carbocycles. The van der Waals surface area contributed by atoms with Crippen LogP contribution in [-0.4, -0.2) is 22.3 Å². The molecule has 1 aromatic rings. The van der Waals surface area contributed by atoms with Crippen molar-refractivity contribution in [2.24, 2.45) is 0 Å². The van der Waals surface area contributed by atoms with E-state index in [0.29, 0.717) is 5.75 Å². The monoisotopic (exact) mass is 185 g/mol. The van der Waals surface area contributed by atoms with Gasteiger partial charge in [0, 0.05) is 40.5 Å². The van der Waals surface area contributed by atoms with Crippen molar-refractivity contribution in [1.82, 2.24) is 5.32 Å².